The lowest BCUT2D eigenvalue weighted by Crippen LogP contribution is -2.12. The Morgan fingerprint density at radius 3 is 2.76 bits per heavy atom. The number of ether oxygens (including phenoxy) is 1. The van der Waals surface area contributed by atoms with Gasteiger partial charge >= 0.3 is 6.09 Å². The number of carbonyl (C=O) groups is 1. The van der Waals surface area contributed by atoms with Crippen LogP contribution in [0.5, 0.6) is 0 Å². The van der Waals surface area contributed by atoms with E-state index in [0.29, 0.717) is 15.8 Å². The molecule has 0 atom stereocenters. The average Bonchev–Trinajstić information content (AvgIpc) is 3.07. The van der Waals surface area contributed by atoms with E-state index in [1.165, 1.54) is 29.7 Å². The zero-order valence-corrected chi connectivity index (χ0v) is 17.3. The summed E-state index contributed by atoms with van der Waals surface area (Å²) < 4.78 is 18.8. The summed E-state index contributed by atoms with van der Waals surface area (Å²) in [5.74, 6) is -0.479. The normalized spacial score (nSPS) is 10.9. The number of benzene rings is 2. The minimum Gasteiger partial charge on any atom is -0.450 e. The molecular formula is C20H18ClFN4O2S. The first-order chi connectivity index (χ1) is 14.0. The molecule has 0 aliphatic rings. The van der Waals surface area contributed by atoms with Crippen LogP contribution in [0.3, 0.4) is 0 Å². The highest BCUT2D eigenvalue weighted by Gasteiger charge is 2.16. The van der Waals surface area contributed by atoms with E-state index in [4.69, 9.17) is 16.3 Å². The highest BCUT2D eigenvalue weighted by atomic mass is 35.5. The van der Waals surface area contributed by atoms with Gasteiger partial charge in [-0.1, -0.05) is 58.8 Å². The molecule has 0 unspecified atom stereocenters. The van der Waals surface area contributed by atoms with E-state index in [2.05, 4.69) is 20.8 Å². The minimum atomic E-state index is -0.572. The van der Waals surface area contributed by atoms with Crippen molar-refractivity contribution in [2.24, 2.45) is 5.10 Å². The Morgan fingerprint density at radius 1 is 1.31 bits per heavy atom. The Labute approximate surface area is 176 Å². The van der Waals surface area contributed by atoms with Gasteiger partial charge in [0.2, 0.25) is 5.13 Å². The second kappa shape index (κ2) is 9.49. The van der Waals surface area contributed by atoms with Crippen molar-refractivity contribution in [3.05, 3.63) is 64.4 Å². The zero-order chi connectivity index (χ0) is 20.8. The molecule has 0 fully saturated rings. The molecule has 1 heterocycles. The molecule has 150 valence electrons. The molecule has 6 nitrogen and oxygen atoms in total. The molecular weight excluding hydrogens is 415 g/mol. The summed E-state index contributed by atoms with van der Waals surface area (Å²) in [7, 11) is 0. The molecule has 3 aromatic rings. The number of aryl methyl sites for hydroxylation is 1. The van der Waals surface area contributed by atoms with Crippen LogP contribution in [0.15, 0.2) is 47.6 Å². The largest absolute Gasteiger partial charge is 0.450 e. The molecule has 1 aromatic heterocycles. The molecule has 9 heteroatoms. The van der Waals surface area contributed by atoms with Crippen molar-refractivity contribution in [1.82, 2.24) is 4.98 Å². The quantitative estimate of drug-likeness (QED) is 0.374. The molecule has 0 aliphatic heterocycles. The number of nitrogens with zero attached hydrogens (tertiary/aromatic N) is 2. The van der Waals surface area contributed by atoms with Crippen LogP contribution >= 0.6 is 22.9 Å². The summed E-state index contributed by atoms with van der Waals surface area (Å²) in [6.07, 6.45) is 0.709. The van der Waals surface area contributed by atoms with Crippen LogP contribution in [-0.4, -0.2) is 23.9 Å². The third-order valence-corrected chi connectivity index (χ3v) is 5.00. The molecule has 29 heavy (non-hydrogen) atoms. The molecule has 0 spiro atoms. The van der Waals surface area contributed by atoms with Gasteiger partial charge in [0, 0.05) is 11.1 Å². The van der Waals surface area contributed by atoms with Gasteiger partial charge in [-0.15, -0.1) is 0 Å². The monoisotopic (exact) mass is 432 g/mol. The molecule has 2 aromatic carbocycles. The number of nitrogens with one attached hydrogen (secondary N) is 2. The molecule has 0 aliphatic carbocycles. The Kier molecular flexibility index (Phi) is 6.79. The van der Waals surface area contributed by atoms with Crippen molar-refractivity contribution in [2.45, 2.75) is 13.8 Å². The summed E-state index contributed by atoms with van der Waals surface area (Å²) >= 11 is 7.17. The fourth-order valence-electron chi connectivity index (χ4n) is 2.41. The van der Waals surface area contributed by atoms with Crippen LogP contribution in [-0.2, 0) is 4.74 Å². The summed E-state index contributed by atoms with van der Waals surface area (Å²) in [6, 6.07) is 12.1. The lowest BCUT2D eigenvalue weighted by molar-refractivity contribution is 0.168. The van der Waals surface area contributed by atoms with Gasteiger partial charge in [-0.05, 0) is 26.0 Å². The fourth-order valence-corrected chi connectivity index (χ4v) is 3.44. The van der Waals surface area contributed by atoms with Crippen molar-refractivity contribution in [1.29, 1.82) is 0 Å². The summed E-state index contributed by atoms with van der Waals surface area (Å²) in [6.45, 7) is 3.96. The number of anilines is 2. The third kappa shape index (κ3) is 5.30. The number of halogens is 2. The first-order valence-corrected chi connectivity index (χ1v) is 9.92. The highest BCUT2D eigenvalue weighted by Crippen LogP contribution is 2.36. The second-order valence-electron chi connectivity index (χ2n) is 5.91. The number of hydrazone groups is 1. The standard InChI is InChI=1S/C20H18ClFN4O2S/c1-3-28-20(27)25-18-17(13-9-7-12(2)8-10-13)24-19(29-18)26-23-11-14-15(21)5-4-6-16(14)22/h4-11H,3H2,1-2H3,(H,24,26)(H,25,27). The van der Waals surface area contributed by atoms with E-state index in [-0.39, 0.29) is 17.2 Å². The van der Waals surface area contributed by atoms with Gasteiger partial charge in [-0.25, -0.2) is 14.2 Å². The molecule has 0 bridgehead atoms. The van der Waals surface area contributed by atoms with Crippen LogP contribution < -0.4 is 10.7 Å². The van der Waals surface area contributed by atoms with Gasteiger partial charge in [0.15, 0.2) is 0 Å². The Balaban J connectivity index is 1.86. The molecule has 3 rings (SSSR count). The molecule has 2 N–H and O–H groups in total. The molecule has 0 saturated carbocycles. The van der Waals surface area contributed by atoms with E-state index in [0.717, 1.165) is 11.1 Å². The predicted octanol–water partition coefficient (Wildman–Crippen LogP) is 5.93. The predicted molar refractivity (Wildman–Crippen MR) is 116 cm³/mol. The topological polar surface area (TPSA) is 75.6 Å². The van der Waals surface area contributed by atoms with Gasteiger partial charge in [0.05, 0.1) is 17.8 Å². The number of carbonyl (C=O) groups excluding carboxylic acids is 1. The highest BCUT2D eigenvalue weighted by molar-refractivity contribution is 7.20. The lowest BCUT2D eigenvalue weighted by Gasteiger charge is -2.05. The van der Waals surface area contributed by atoms with E-state index in [9.17, 15) is 9.18 Å². The van der Waals surface area contributed by atoms with Crippen LogP contribution in [0.25, 0.3) is 11.3 Å². The Bertz CT molecular complexity index is 1020. The summed E-state index contributed by atoms with van der Waals surface area (Å²) in [5, 5.41) is 7.88. The first kappa shape index (κ1) is 20.8. The van der Waals surface area contributed by atoms with Crippen molar-refractivity contribution in [3.63, 3.8) is 0 Å². The van der Waals surface area contributed by atoms with Crippen LogP contribution in [0.1, 0.15) is 18.1 Å². The van der Waals surface area contributed by atoms with E-state index in [1.807, 2.05) is 31.2 Å². The van der Waals surface area contributed by atoms with Crippen LogP contribution in [0, 0.1) is 12.7 Å². The van der Waals surface area contributed by atoms with Gasteiger partial charge in [0.25, 0.3) is 0 Å². The maximum absolute atomic E-state index is 13.8. The number of amides is 1. The molecule has 0 saturated heterocycles. The second-order valence-corrected chi connectivity index (χ2v) is 7.32. The molecule has 0 radical (unpaired) electrons. The van der Waals surface area contributed by atoms with Crippen molar-refractivity contribution in [2.75, 3.05) is 17.3 Å². The maximum Gasteiger partial charge on any atom is 0.412 e. The van der Waals surface area contributed by atoms with E-state index in [1.54, 1.807) is 13.0 Å². The van der Waals surface area contributed by atoms with Crippen molar-refractivity contribution in [3.8, 4) is 11.3 Å². The lowest BCUT2D eigenvalue weighted by atomic mass is 10.1. The van der Waals surface area contributed by atoms with Gasteiger partial charge in [0.1, 0.15) is 16.5 Å². The fraction of sp³-hybridized carbons (Fsp3) is 0.150. The van der Waals surface area contributed by atoms with Crippen molar-refractivity contribution < 1.29 is 13.9 Å². The Morgan fingerprint density at radius 2 is 2.07 bits per heavy atom. The summed E-state index contributed by atoms with van der Waals surface area (Å²) in [4.78, 5) is 16.4. The van der Waals surface area contributed by atoms with Crippen molar-refractivity contribution >= 4 is 45.4 Å². The SMILES string of the molecule is CCOC(=O)Nc1sc(NN=Cc2c(F)cccc2Cl)nc1-c1ccc(C)cc1. The summed E-state index contributed by atoms with van der Waals surface area (Å²) in [5.41, 5.74) is 5.43. The zero-order valence-electron chi connectivity index (χ0n) is 15.7. The van der Waals surface area contributed by atoms with Gasteiger partial charge in [-0.2, -0.15) is 5.10 Å². The number of rotatable bonds is 6. The van der Waals surface area contributed by atoms with Crippen LogP contribution in [0.2, 0.25) is 5.02 Å². The minimum absolute atomic E-state index is 0.168. The third-order valence-electron chi connectivity index (χ3n) is 3.80. The van der Waals surface area contributed by atoms with E-state index < -0.39 is 11.9 Å². The van der Waals surface area contributed by atoms with Gasteiger partial charge in [-0.3, -0.25) is 10.7 Å². The smallest absolute Gasteiger partial charge is 0.412 e. The maximum atomic E-state index is 13.8. The van der Waals surface area contributed by atoms with Gasteiger partial charge < -0.3 is 4.74 Å². The molecule has 1 amide bonds. The first-order valence-electron chi connectivity index (χ1n) is 8.72. The Hall–Kier alpha value is -2.97. The van der Waals surface area contributed by atoms with E-state index >= 15 is 0 Å². The number of hydrogen-bond donors (Lipinski definition) is 2. The average molecular weight is 433 g/mol. The number of hydrogen-bond acceptors (Lipinski definition) is 6. The number of aromatic nitrogens is 1. The number of thiazole rings is 1. The van der Waals surface area contributed by atoms with Crippen LogP contribution in [0.4, 0.5) is 19.3 Å².